The monoisotopic (exact) mass is 309 g/mol. The topological polar surface area (TPSA) is 39.9 Å². The molecule has 0 aliphatic rings. The van der Waals surface area contributed by atoms with Crippen molar-refractivity contribution in [2.24, 2.45) is 0 Å². The van der Waals surface area contributed by atoms with E-state index in [1.54, 1.807) is 12.4 Å². The van der Waals surface area contributed by atoms with Crippen molar-refractivity contribution in [3.63, 3.8) is 0 Å². The Kier molecular flexibility index (Phi) is 4.75. The molecule has 0 amide bonds. The number of unbranched alkanes of at least 4 members (excludes halogenated alkanes) is 2. The van der Waals surface area contributed by atoms with Gasteiger partial charge in [0.05, 0.1) is 12.4 Å². The summed E-state index contributed by atoms with van der Waals surface area (Å²) < 4.78 is 8.45. The Labute approximate surface area is 115 Å². The quantitative estimate of drug-likeness (QED) is 0.757. The van der Waals surface area contributed by atoms with Gasteiger partial charge in [0.15, 0.2) is 5.75 Å². The van der Waals surface area contributed by atoms with Crippen molar-refractivity contribution in [3.05, 3.63) is 35.2 Å². The number of aryl methyl sites for hydroxylation is 1. The van der Waals surface area contributed by atoms with Gasteiger partial charge in [-0.2, -0.15) is 5.10 Å². The van der Waals surface area contributed by atoms with Crippen LogP contribution in [0.4, 0.5) is 0 Å². The van der Waals surface area contributed by atoms with Gasteiger partial charge in [0.2, 0.25) is 5.88 Å². The summed E-state index contributed by atoms with van der Waals surface area (Å²) in [5.41, 5.74) is 0. The van der Waals surface area contributed by atoms with Crippen LogP contribution >= 0.6 is 15.9 Å². The summed E-state index contributed by atoms with van der Waals surface area (Å²) in [6.07, 6.45) is 8.92. The summed E-state index contributed by atoms with van der Waals surface area (Å²) >= 11 is 3.34. The zero-order chi connectivity index (χ0) is 12.8. The van der Waals surface area contributed by atoms with Gasteiger partial charge in [-0.3, -0.25) is 4.68 Å². The molecule has 2 rings (SSSR count). The number of aromatic nitrogens is 3. The lowest BCUT2D eigenvalue weighted by molar-refractivity contribution is 0.460. The molecule has 0 aromatic carbocycles. The first kappa shape index (κ1) is 13.1. The van der Waals surface area contributed by atoms with Gasteiger partial charge >= 0.3 is 0 Å². The average molecular weight is 310 g/mol. The van der Waals surface area contributed by atoms with E-state index in [1.165, 1.54) is 12.8 Å². The van der Waals surface area contributed by atoms with E-state index in [-0.39, 0.29) is 0 Å². The Hall–Kier alpha value is -1.36. The first-order chi connectivity index (χ1) is 8.78. The lowest BCUT2D eigenvalue weighted by Crippen LogP contribution is -1.97. The van der Waals surface area contributed by atoms with Crippen molar-refractivity contribution in [1.82, 2.24) is 14.8 Å². The molecule has 4 nitrogen and oxygen atoms in total. The van der Waals surface area contributed by atoms with Gasteiger partial charge in [0, 0.05) is 23.3 Å². The van der Waals surface area contributed by atoms with Crippen LogP contribution in [0.5, 0.6) is 11.6 Å². The molecule has 18 heavy (non-hydrogen) atoms. The van der Waals surface area contributed by atoms with E-state index in [0.29, 0.717) is 5.88 Å². The number of halogens is 1. The molecule has 2 heterocycles. The number of rotatable bonds is 6. The number of hydrogen-bond donors (Lipinski definition) is 0. The van der Waals surface area contributed by atoms with E-state index in [4.69, 9.17) is 4.74 Å². The first-order valence-corrected chi connectivity index (χ1v) is 6.89. The molecule has 0 aliphatic heterocycles. The van der Waals surface area contributed by atoms with Crippen molar-refractivity contribution < 1.29 is 4.74 Å². The summed E-state index contributed by atoms with van der Waals surface area (Å²) in [6.45, 7) is 3.13. The van der Waals surface area contributed by atoms with Crippen LogP contribution in [-0.2, 0) is 6.54 Å². The fourth-order valence-electron chi connectivity index (χ4n) is 1.59. The molecule has 2 aromatic heterocycles. The standard InChI is InChI=1S/C13H16BrN3O/c1-2-3-4-7-17-10-12(9-16-17)18-13-6-5-11(14)8-15-13/h5-6,8-10H,2-4,7H2,1H3. The van der Waals surface area contributed by atoms with Crippen molar-refractivity contribution in [1.29, 1.82) is 0 Å². The highest BCUT2D eigenvalue weighted by molar-refractivity contribution is 9.10. The van der Waals surface area contributed by atoms with E-state index in [1.807, 2.05) is 23.0 Å². The Bertz CT molecular complexity index is 481. The molecule has 0 fully saturated rings. The van der Waals surface area contributed by atoms with Gasteiger partial charge in [-0.1, -0.05) is 19.8 Å². The van der Waals surface area contributed by atoms with Gasteiger partial charge in [-0.15, -0.1) is 0 Å². The Morgan fingerprint density at radius 2 is 2.17 bits per heavy atom. The van der Waals surface area contributed by atoms with Crippen LogP contribution < -0.4 is 4.74 Å². The molecule has 0 radical (unpaired) electrons. The third-order valence-electron chi connectivity index (χ3n) is 2.52. The van der Waals surface area contributed by atoms with E-state index in [2.05, 4.69) is 32.9 Å². The fraction of sp³-hybridized carbons (Fsp3) is 0.385. The van der Waals surface area contributed by atoms with E-state index >= 15 is 0 Å². The van der Waals surface area contributed by atoms with Crippen LogP contribution in [0, 0.1) is 0 Å². The zero-order valence-electron chi connectivity index (χ0n) is 10.3. The predicted molar refractivity (Wildman–Crippen MR) is 73.8 cm³/mol. The predicted octanol–water partition coefficient (Wildman–Crippen LogP) is 4.02. The summed E-state index contributed by atoms with van der Waals surface area (Å²) in [4.78, 5) is 4.15. The second-order valence-electron chi connectivity index (χ2n) is 4.06. The van der Waals surface area contributed by atoms with Crippen molar-refractivity contribution >= 4 is 15.9 Å². The number of hydrogen-bond acceptors (Lipinski definition) is 3. The highest BCUT2D eigenvalue weighted by atomic mass is 79.9. The van der Waals surface area contributed by atoms with Gasteiger partial charge < -0.3 is 4.74 Å². The molecule has 0 N–H and O–H groups in total. The molecule has 0 aliphatic carbocycles. The van der Waals surface area contributed by atoms with Gasteiger partial charge in [-0.05, 0) is 28.4 Å². The second-order valence-corrected chi connectivity index (χ2v) is 4.98. The van der Waals surface area contributed by atoms with E-state index in [9.17, 15) is 0 Å². The maximum Gasteiger partial charge on any atom is 0.219 e. The molecule has 0 unspecified atom stereocenters. The molecule has 96 valence electrons. The number of pyridine rings is 1. The lowest BCUT2D eigenvalue weighted by atomic mass is 10.2. The highest BCUT2D eigenvalue weighted by Crippen LogP contribution is 2.20. The molecular weight excluding hydrogens is 294 g/mol. The number of ether oxygens (including phenoxy) is 1. The van der Waals surface area contributed by atoms with Crippen LogP contribution in [0.2, 0.25) is 0 Å². The van der Waals surface area contributed by atoms with Crippen LogP contribution in [0.3, 0.4) is 0 Å². The summed E-state index contributed by atoms with van der Waals surface area (Å²) in [5, 5.41) is 4.26. The first-order valence-electron chi connectivity index (χ1n) is 6.10. The Morgan fingerprint density at radius 3 is 2.89 bits per heavy atom. The van der Waals surface area contributed by atoms with Crippen LogP contribution in [0.15, 0.2) is 35.2 Å². The summed E-state index contributed by atoms with van der Waals surface area (Å²) in [6, 6.07) is 3.71. The molecule has 0 spiro atoms. The SMILES string of the molecule is CCCCCn1cc(Oc2ccc(Br)cn2)cn1. The maximum absolute atomic E-state index is 5.61. The molecule has 0 bridgehead atoms. The smallest absolute Gasteiger partial charge is 0.219 e. The number of nitrogens with zero attached hydrogens (tertiary/aromatic N) is 3. The summed E-state index contributed by atoms with van der Waals surface area (Å²) in [5.74, 6) is 1.30. The van der Waals surface area contributed by atoms with Crippen molar-refractivity contribution in [3.8, 4) is 11.6 Å². The van der Waals surface area contributed by atoms with Gasteiger partial charge in [-0.25, -0.2) is 4.98 Å². The Morgan fingerprint density at radius 1 is 1.28 bits per heavy atom. The van der Waals surface area contributed by atoms with Crippen LogP contribution in [0.1, 0.15) is 26.2 Å². The maximum atomic E-state index is 5.61. The van der Waals surface area contributed by atoms with E-state index < -0.39 is 0 Å². The minimum absolute atomic E-state index is 0.575. The van der Waals surface area contributed by atoms with Crippen LogP contribution in [0.25, 0.3) is 0 Å². The van der Waals surface area contributed by atoms with E-state index in [0.717, 1.165) is 23.2 Å². The molecule has 0 saturated heterocycles. The van der Waals surface area contributed by atoms with Crippen LogP contribution in [-0.4, -0.2) is 14.8 Å². The minimum Gasteiger partial charge on any atom is -0.436 e. The van der Waals surface area contributed by atoms with Crippen molar-refractivity contribution in [2.45, 2.75) is 32.7 Å². The largest absolute Gasteiger partial charge is 0.436 e. The zero-order valence-corrected chi connectivity index (χ0v) is 11.9. The Balaban J connectivity index is 1.91. The highest BCUT2D eigenvalue weighted by Gasteiger charge is 2.02. The lowest BCUT2D eigenvalue weighted by Gasteiger charge is -2.01. The third-order valence-corrected chi connectivity index (χ3v) is 2.99. The minimum atomic E-state index is 0.575. The molecule has 5 heteroatoms. The normalized spacial score (nSPS) is 10.6. The molecule has 0 atom stereocenters. The summed E-state index contributed by atoms with van der Waals surface area (Å²) in [7, 11) is 0. The second kappa shape index (κ2) is 6.54. The third kappa shape index (κ3) is 3.84. The molecular formula is C13H16BrN3O. The molecule has 0 saturated carbocycles. The van der Waals surface area contributed by atoms with Gasteiger partial charge in [0.25, 0.3) is 0 Å². The van der Waals surface area contributed by atoms with Gasteiger partial charge in [0.1, 0.15) is 0 Å². The fourth-order valence-corrected chi connectivity index (χ4v) is 1.82. The average Bonchev–Trinajstić information content (AvgIpc) is 2.80. The van der Waals surface area contributed by atoms with Crippen molar-refractivity contribution in [2.75, 3.05) is 0 Å². The molecule has 2 aromatic rings.